The Labute approximate surface area is 161 Å². The number of aryl methyl sites for hydroxylation is 1. The van der Waals surface area contributed by atoms with Crippen molar-refractivity contribution in [3.8, 4) is 0 Å². The molecule has 1 aliphatic rings. The number of hydrogen-bond acceptors (Lipinski definition) is 7. The maximum Gasteiger partial charge on any atom is 0.243 e. The van der Waals surface area contributed by atoms with E-state index in [1.54, 1.807) is 19.1 Å². The van der Waals surface area contributed by atoms with Crippen molar-refractivity contribution < 1.29 is 13.2 Å². The van der Waals surface area contributed by atoms with Gasteiger partial charge in [-0.1, -0.05) is 23.1 Å². The van der Waals surface area contributed by atoms with E-state index in [2.05, 4.69) is 15.5 Å². The van der Waals surface area contributed by atoms with Crippen LogP contribution in [0.5, 0.6) is 0 Å². The van der Waals surface area contributed by atoms with Crippen LogP contribution in [-0.2, 0) is 14.8 Å². The Morgan fingerprint density at radius 3 is 2.46 bits per heavy atom. The van der Waals surface area contributed by atoms with Gasteiger partial charge in [-0.15, -0.1) is 10.2 Å². The second kappa shape index (κ2) is 8.03. The van der Waals surface area contributed by atoms with Gasteiger partial charge in [0.05, 0.1) is 10.1 Å². The van der Waals surface area contributed by atoms with Crippen molar-refractivity contribution in [2.45, 2.75) is 41.2 Å². The van der Waals surface area contributed by atoms with E-state index in [9.17, 15) is 13.2 Å². The molecule has 1 aromatic heterocycles. The number of nitrogens with one attached hydrogen (secondary N) is 1. The van der Waals surface area contributed by atoms with Gasteiger partial charge in [-0.25, -0.2) is 8.42 Å². The second-order valence-corrected chi connectivity index (χ2v) is 10.7. The largest absolute Gasteiger partial charge is 0.325 e. The number of nitrogens with zero attached hydrogens (tertiary/aromatic N) is 3. The summed E-state index contributed by atoms with van der Waals surface area (Å²) < 4.78 is 27.3. The SMILES string of the molecule is Cc1nnc(SC(C)C(=O)Nc2ccc(S(=O)(=O)N3CCCC3)cc2)s1. The number of hydrogen-bond donors (Lipinski definition) is 1. The van der Waals surface area contributed by atoms with Gasteiger partial charge in [0.15, 0.2) is 4.34 Å². The molecule has 1 aliphatic heterocycles. The highest BCUT2D eigenvalue weighted by molar-refractivity contribution is 8.02. The number of aromatic nitrogens is 2. The summed E-state index contributed by atoms with van der Waals surface area (Å²) in [5.41, 5.74) is 0.566. The van der Waals surface area contributed by atoms with Gasteiger partial charge in [0, 0.05) is 18.8 Å². The quantitative estimate of drug-likeness (QED) is 0.734. The number of carbonyl (C=O) groups excluding carboxylic acids is 1. The van der Waals surface area contributed by atoms with Crippen LogP contribution in [-0.4, -0.2) is 47.2 Å². The Bertz CT molecular complexity index is 874. The maximum absolute atomic E-state index is 12.5. The minimum atomic E-state index is -3.44. The number of amides is 1. The number of anilines is 1. The lowest BCUT2D eigenvalue weighted by Crippen LogP contribution is -2.27. The monoisotopic (exact) mass is 412 g/mol. The van der Waals surface area contributed by atoms with Gasteiger partial charge in [0.2, 0.25) is 15.9 Å². The summed E-state index contributed by atoms with van der Waals surface area (Å²) in [6, 6.07) is 6.31. The first-order chi connectivity index (χ1) is 12.4. The lowest BCUT2D eigenvalue weighted by molar-refractivity contribution is -0.115. The fraction of sp³-hybridized carbons (Fsp3) is 0.438. The Morgan fingerprint density at radius 1 is 1.23 bits per heavy atom. The highest BCUT2D eigenvalue weighted by Crippen LogP contribution is 2.27. The van der Waals surface area contributed by atoms with Crippen LogP contribution in [0.15, 0.2) is 33.5 Å². The van der Waals surface area contributed by atoms with Crippen molar-refractivity contribution in [2.24, 2.45) is 0 Å². The van der Waals surface area contributed by atoms with Crippen molar-refractivity contribution in [1.82, 2.24) is 14.5 Å². The van der Waals surface area contributed by atoms with Gasteiger partial charge in [-0.05, 0) is 51.0 Å². The smallest absolute Gasteiger partial charge is 0.243 e. The third kappa shape index (κ3) is 4.43. The van der Waals surface area contributed by atoms with Crippen LogP contribution in [0.1, 0.15) is 24.8 Å². The average molecular weight is 413 g/mol. The van der Waals surface area contributed by atoms with Gasteiger partial charge in [-0.3, -0.25) is 4.79 Å². The Kier molecular flexibility index (Phi) is 5.96. The van der Waals surface area contributed by atoms with E-state index in [0.717, 1.165) is 22.2 Å². The Hall–Kier alpha value is -1.49. The minimum Gasteiger partial charge on any atom is -0.325 e. The predicted octanol–water partition coefficient (Wildman–Crippen LogP) is 2.75. The van der Waals surface area contributed by atoms with Crippen molar-refractivity contribution in [2.75, 3.05) is 18.4 Å². The Balaban J connectivity index is 1.62. The number of carbonyl (C=O) groups is 1. The summed E-state index contributed by atoms with van der Waals surface area (Å²) in [6.45, 7) is 4.80. The van der Waals surface area contributed by atoms with Crippen LogP contribution < -0.4 is 5.32 Å². The zero-order chi connectivity index (χ0) is 18.7. The van der Waals surface area contributed by atoms with Crippen LogP contribution >= 0.6 is 23.1 Å². The third-order valence-electron chi connectivity index (χ3n) is 3.98. The van der Waals surface area contributed by atoms with Crippen LogP contribution in [0.2, 0.25) is 0 Å². The second-order valence-electron chi connectivity index (χ2n) is 5.97. The van der Waals surface area contributed by atoms with Gasteiger partial charge in [-0.2, -0.15) is 4.31 Å². The fourth-order valence-corrected chi connectivity index (χ4v) is 6.04. The molecule has 0 bridgehead atoms. The van der Waals surface area contributed by atoms with Crippen molar-refractivity contribution >= 4 is 44.7 Å². The molecule has 2 heterocycles. The molecule has 140 valence electrons. The molecule has 2 aromatic rings. The lowest BCUT2D eigenvalue weighted by atomic mass is 10.3. The van der Waals surface area contributed by atoms with Gasteiger partial charge >= 0.3 is 0 Å². The minimum absolute atomic E-state index is 0.169. The van der Waals surface area contributed by atoms with E-state index in [1.807, 2.05) is 6.92 Å². The summed E-state index contributed by atoms with van der Waals surface area (Å²) in [5, 5.41) is 11.3. The molecule has 1 aromatic carbocycles. The summed E-state index contributed by atoms with van der Waals surface area (Å²) in [5.74, 6) is -0.169. The molecule has 10 heteroatoms. The molecule has 3 rings (SSSR count). The number of benzene rings is 1. The molecule has 1 fully saturated rings. The molecule has 26 heavy (non-hydrogen) atoms. The van der Waals surface area contributed by atoms with E-state index in [0.29, 0.717) is 18.8 Å². The van der Waals surface area contributed by atoms with Crippen LogP contribution in [0.3, 0.4) is 0 Å². The first kappa shape index (κ1) is 19.3. The van der Waals surface area contributed by atoms with Crippen LogP contribution in [0.25, 0.3) is 0 Å². The molecule has 1 unspecified atom stereocenters. The van der Waals surface area contributed by atoms with E-state index in [-0.39, 0.29) is 16.1 Å². The van der Waals surface area contributed by atoms with E-state index in [1.165, 1.54) is 39.5 Å². The van der Waals surface area contributed by atoms with Crippen LogP contribution in [0.4, 0.5) is 5.69 Å². The lowest BCUT2D eigenvalue weighted by Gasteiger charge is -2.16. The Morgan fingerprint density at radius 2 is 1.88 bits per heavy atom. The van der Waals surface area contributed by atoms with Crippen LogP contribution in [0, 0.1) is 6.92 Å². The van der Waals surface area contributed by atoms with Crippen molar-refractivity contribution in [3.05, 3.63) is 29.3 Å². The van der Waals surface area contributed by atoms with Crippen molar-refractivity contribution in [1.29, 1.82) is 0 Å². The zero-order valence-electron chi connectivity index (χ0n) is 14.5. The average Bonchev–Trinajstić information content (AvgIpc) is 3.27. The van der Waals surface area contributed by atoms with Gasteiger partial charge < -0.3 is 5.32 Å². The topological polar surface area (TPSA) is 92.3 Å². The maximum atomic E-state index is 12.5. The molecule has 1 atom stereocenters. The standard InChI is InChI=1S/C16H20N4O3S3/c1-11(24-16-19-18-12(2)25-16)15(21)17-13-5-7-14(8-6-13)26(22,23)20-9-3-4-10-20/h5-8,11H,3-4,9-10H2,1-2H3,(H,17,21). The molecule has 0 saturated carbocycles. The zero-order valence-corrected chi connectivity index (χ0v) is 17.0. The normalized spacial score (nSPS) is 16.5. The summed E-state index contributed by atoms with van der Waals surface area (Å²) in [6.07, 6.45) is 1.80. The third-order valence-corrected chi connectivity index (χ3v) is 7.91. The highest BCUT2D eigenvalue weighted by atomic mass is 32.2. The fourth-order valence-electron chi connectivity index (χ4n) is 2.56. The molecular formula is C16H20N4O3S3. The summed E-state index contributed by atoms with van der Waals surface area (Å²) in [4.78, 5) is 12.6. The van der Waals surface area contributed by atoms with E-state index >= 15 is 0 Å². The molecular weight excluding hydrogens is 392 g/mol. The molecule has 1 N–H and O–H groups in total. The highest BCUT2D eigenvalue weighted by Gasteiger charge is 2.27. The number of sulfonamides is 1. The molecule has 1 saturated heterocycles. The predicted molar refractivity (Wildman–Crippen MR) is 103 cm³/mol. The van der Waals surface area contributed by atoms with E-state index in [4.69, 9.17) is 0 Å². The summed E-state index contributed by atoms with van der Waals surface area (Å²) in [7, 11) is -3.44. The summed E-state index contributed by atoms with van der Waals surface area (Å²) >= 11 is 2.79. The number of rotatable bonds is 6. The molecule has 0 radical (unpaired) electrons. The molecule has 0 aliphatic carbocycles. The van der Waals surface area contributed by atoms with E-state index < -0.39 is 10.0 Å². The molecule has 1 amide bonds. The van der Waals surface area contributed by atoms with Gasteiger partial charge in [0.25, 0.3) is 0 Å². The van der Waals surface area contributed by atoms with Gasteiger partial charge in [0.1, 0.15) is 5.01 Å². The first-order valence-electron chi connectivity index (χ1n) is 8.24. The van der Waals surface area contributed by atoms with Crippen molar-refractivity contribution in [3.63, 3.8) is 0 Å². The molecule has 0 spiro atoms. The molecule has 7 nitrogen and oxygen atoms in total. The first-order valence-corrected chi connectivity index (χ1v) is 11.4. The number of thioether (sulfide) groups is 1.